The molecular weight excluding hydrogens is 242 g/mol. The largest absolute Gasteiger partial charge is 0.493 e. The number of aldehydes is 1. The fourth-order valence-corrected chi connectivity index (χ4v) is 2.04. The van der Waals surface area contributed by atoms with E-state index in [-0.39, 0.29) is 0 Å². The van der Waals surface area contributed by atoms with E-state index in [4.69, 9.17) is 9.47 Å². The average Bonchev–Trinajstić information content (AvgIpc) is 2.47. The van der Waals surface area contributed by atoms with E-state index in [0.717, 1.165) is 32.3 Å². The summed E-state index contributed by atoms with van der Waals surface area (Å²) in [6.07, 6.45) is 1.76. The second-order valence-electron chi connectivity index (χ2n) is 4.41. The predicted octanol–water partition coefficient (Wildman–Crippen LogP) is 1.20. The number of rotatable bonds is 9. The summed E-state index contributed by atoms with van der Waals surface area (Å²) in [6.45, 7) is 8.31. The summed E-state index contributed by atoms with van der Waals surface area (Å²) in [6, 6.07) is 5.33. The van der Waals surface area contributed by atoms with Crippen LogP contribution in [0.1, 0.15) is 30.6 Å². The van der Waals surface area contributed by atoms with Crippen LogP contribution in [0.3, 0.4) is 0 Å². The van der Waals surface area contributed by atoms with Gasteiger partial charge in [-0.1, -0.05) is 6.07 Å². The summed E-state index contributed by atoms with van der Waals surface area (Å²) in [7, 11) is 1.58. The first-order chi connectivity index (χ1) is 9.26. The molecule has 0 bridgehead atoms. The number of para-hydroxylation sites is 1. The monoisotopic (exact) mass is 266 g/mol. The minimum absolute atomic E-state index is 0.537. The first-order valence-electron chi connectivity index (χ1n) is 6.85. The summed E-state index contributed by atoms with van der Waals surface area (Å²) >= 11 is 0. The molecule has 1 aromatic carbocycles. The number of quaternary nitrogens is 1. The van der Waals surface area contributed by atoms with Crippen LogP contribution < -0.4 is 14.4 Å². The summed E-state index contributed by atoms with van der Waals surface area (Å²) in [5, 5.41) is 0. The zero-order valence-electron chi connectivity index (χ0n) is 12.1. The molecule has 0 fully saturated rings. The van der Waals surface area contributed by atoms with E-state index < -0.39 is 0 Å². The molecule has 0 aliphatic heterocycles. The van der Waals surface area contributed by atoms with E-state index in [9.17, 15) is 4.79 Å². The molecule has 0 aliphatic rings. The van der Waals surface area contributed by atoms with Crippen molar-refractivity contribution in [2.45, 2.75) is 20.3 Å². The highest BCUT2D eigenvalue weighted by Crippen LogP contribution is 2.29. The van der Waals surface area contributed by atoms with Crippen molar-refractivity contribution in [3.63, 3.8) is 0 Å². The second kappa shape index (κ2) is 8.53. The quantitative estimate of drug-likeness (QED) is 0.539. The molecule has 1 rings (SSSR count). The van der Waals surface area contributed by atoms with Crippen molar-refractivity contribution in [1.29, 1.82) is 0 Å². The van der Waals surface area contributed by atoms with Crippen LogP contribution in [0, 0.1) is 0 Å². The minimum Gasteiger partial charge on any atom is -0.493 e. The number of carbonyl (C=O) groups excluding carboxylic acids is 1. The third-order valence-electron chi connectivity index (χ3n) is 3.28. The van der Waals surface area contributed by atoms with Gasteiger partial charge in [-0.05, 0) is 26.0 Å². The van der Waals surface area contributed by atoms with E-state index in [1.54, 1.807) is 30.2 Å². The highest BCUT2D eigenvalue weighted by molar-refractivity contribution is 5.81. The average molecular weight is 266 g/mol. The summed E-state index contributed by atoms with van der Waals surface area (Å²) < 4.78 is 10.9. The molecule has 0 amide bonds. The van der Waals surface area contributed by atoms with Crippen molar-refractivity contribution < 1.29 is 19.2 Å². The van der Waals surface area contributed by atoms with Crippen molar-refractivity contribution in [3.8, 4) is 11.5 Å². The zero-order valence-corrected chi connectivity index (χ0v) is 12.1. The summed E-state index contributed by atoms with van der Waals surface area (Å²) in [5.41, 5.74) is 0.537. The molecular formula is C15H24NO3+. The molecule has 0 heterocycles. The molecule has 0 saturated carbocycles. The normalized spacial score (nSPS) is 10.5. The molecule has 4 nitrogen and oxygen atoms in total. The van der Waals surface area contributed by atoms with E-state index in [0.29, 0.717) is 23.7 Å². The number of hydrogen-bond acceptors (Lipinski definition) is 3. The van der Waals surface area contributed by atoms with Gasteiger partial charge < -0.3 is 14.4 Å². The SMILES string of the molecule is CC[NH+](CC)CCCOc1c(C=O)cccc1OC. The molecule has 0 saturated heterocycles. The molecule has 0 radical (unpaired) electrons. The smallest absolute Gasteiger partial charge is 0.171 e. The van der Waals surface area contributed by atoms with Crippen LogP contribution in [0.25, 0.3) is 0 Å². The number of benzene rings is 1. The zero-order chi connectivity index (χ0) is 14.1. The lowest BCUT2D eigenvalue weighted by atomic mass is 10.2. The number of methoxy groups -OCH3 is 1. The molecule has 0 aromatic heterocycles. The molecule has 0 unspecified atom stereocenters. The number of ether oxygens (including phenoxy) is 2. The highest BCUT2D eigenvalue weighted by atomic mass is 16.5. The van der Waals surface area contributed by atoms with Crippen LogP contribution >= 0.6 is 0 Å². The van der Waals surface area contributed by atoms with Crippen LogP contribution in [0.5, 0.6) is 11.5 Å². The summed E-state index contributed by atoms with van der Waals surface area (Å²) in [5.74, 6) is 1.16. The van der Waals surface area contributed by atoms with Gasteiger partial charge in [0.15, 0.2) is 17.8 Å². The van der Waals surface area contributed by atoms with Crippen LogP contribution in [0.15, 0.2) is 18.2 Å². The Kier molecular flexibility index (Phi) is 6.97. The third kappa shape index (κ3) is 4.56. The van der Waals surface area contributed by atoms with Gasteiger partial charge in [0.2, 0.25) is 0 Å². The lowest BCUT2D eigenvalue weighted by molar-refractivity contribution is -0.896. The maximum atomic E-state index is 11.0. The Hall–Kier alpha value is -1.55. The minimum atomic E-state index is 0.537. The lowest BCUT2D eigenvalue weighted by Crippen LogP contribution is -3.11. The number of nitrogens with one attached hydrogen (secondary N) is 1. The Labute approximate surface area is 115 Å². The number of carbonyl (C=O) groups is 1. The van der Waals surface area contributed by atoms with Gasteiger partial charge in [0.05, 0.1) is 38.9 Å². The maximum absolute atomic E-state index is 11.0. The summed E-state index contributed by atoms with van der Waals surface area (Å²) in [4.78, 5) is 12.5. The van der Waals surface area contributed by atoms with Crippen molar-refractivity contribution in [3.05, 3.63) is 23.8 Å². The molecule has 0 aliphatic carbocycles. The molecule has 4 heteroatoms. The van der Waals surface area contributed by atoms with E-state index in [2.05, 4.69) is 13.8 Å². The van der Waals surface area contributed by atoms with Crippen LogP contribution in [0.2, 0.25) is 0 Å². The van der Waals surface area contributed by atoms with E-state index >= 15 is 0 Å². The van der Waals surface area contributed by atoms with Crippen molar-refractivity contribution in [1.82, 2.24) is 0 Å². The molecule has 19 heavy (non-hydrogen) atoms. The van der Waals surface area contributed by atoms with Gasteiger partial charge in [-0.25, -0.2) is 0 Å². The van der Waals surface area contributed by atoms with Gasteiger partial charge in [-0.2, -0.15) is 0 Å². The van der Waals surface area contributed by atoms with Gasteiger partial charge in [-0.3, -0.25) is 4.79 Å². The Morgan fingerprint density at radius 1 is 1.26 bits per heavy atom. The first kappa shape index (κ1) is 15.5. The second-order valence-corrected chi connectivity index (χ2v) is 4.41. The molecule has 1 N–H and O–H groups in total. The molecule has 0 atom stereocenters. The van der Waals surface area contributed by atoms with Gasteiger partial charge in [0.1, 0.15) is 0 Å². The fourth-order valence-electron chi connectivity index (χ4n) is 2.04. The third-order valence-corrected chi connectivity index (χ3v) is 3.28. The molecule has 106 valence electrons. The Balaban J connectivity index is 2.55. The predicted molar refractivity (Wildman–Crippen MR) is 75.4 cm³/mol. The van der Waals surface area contributed by atoms with Crippen molar-refractivity contribution in [2.75, 3.05) is 33.4 Å². The Morgan fingerprint density at radius 2 is 2.00 bits per heavy atom. The lowest BCUT2D eigenvalue weighted by Gasteiger charge is -2.16. The van der Waals surface area contributed by atoms with Crippen LogP contribution in [-0.4, -0.2) is 39.6 Å². The van der Waals surface area contributed by atoms with Crippen molar-refractivity contribution in [2.24, 2.45) is 0 Å². The molecule has 0 spiro atoms. The van der Waals surface area contributed by atoms with Gasteiger partial charge >= 0.3 is 0 Å². The van der Waals surface area contributed by atoms with Crippen LogP contribution in [0.4, 0.5) is 0 Å². The van der Waals surface area contributed by atoms with Gasteiger partial charge in [0.25, 0.3) is 0 Å². The molecule has 1 aromatic rings. The van der Waals surface area contributed by atoms with E-state index in [1.807, 2.05) is 0 Å². The highest BCUT2D eigenvalue weighted by Gasteiger charge is 2.10. The number of hydrogen-bond donors (Lipinski definition) is 1. The maximum Gasteiger partial charge on any atom is 0.171 e. The van der Waals surface area contributed by atoms with Gasteiger partial charge in [0, 0.05) is 6.42 Å². The van der Waals surface area contributed by atoms with Gasteiger partial charge in [-0.15, -0.1) is 0 Å². The Morgan fingerprint density at radius 3 is 2.58 bits per heavy atom. The first-order valence-corrected chi connectivity index (χ1v) is 6.85. The van der Waals surface area contributed by atoms with E-state index in [1.165, 1.54) is 0 Å². The fraction of sp³-hybridized carbons (Fsp3) is 0.533. The Bertz CT molecular complexity index is 389. The van der Waals surface area contributed by atoms with Crippen LogP contribution in [-0.2, 0) is 0 Å². The standard InChI is InChI=1S/C15H23NO3/c1-4-16(5-2)10-7-11-19-15-13(12-17)8-6-9-14(15)18-3/h6,8-9,12H,4-5,7,10-11H2,1-3H3/p+1. The topological polar surface area (TPSA) is 40.0 Å². The van der Waals surface area contributed by atoms with Crippen molar-refractivity contribution >= 4 is 6.29 Å².